The summed E-state index contributed by atoms with van der Waals surface area (Å²) in [6.45, 7) is 9.78. The number of hydrogen-bond acceptors (Lipinski definition) is 4. The molecule has 0 unspecified atom stereocenters. The molecule has 0 aliphatic carbocycles. The lowest BCUT2D eigenvalue weighted by Crippen LogP contribution is -2.55. The van der Waals surface area contributed by atoms with E-state index in [1.165, 1.54) is 62.5 Å². The fraction of sp³-hybridized carbons (Fsp3) is 0.600. The second-order valence-corrected chi connectivity index (χ2v) is 11.5. The van der Waals surface area contributed by atoms with Gasteiger partial charge in [-0.3, -0.25) is 0 Å². The van der Waals surface area contributed by atoms with Gasteiger partial charge in [-0.15, -0.1) is 0 Å². The third-order valence-corrected chi connectivity index (χ3v) is 8.17. The molecule has 0 amide bonds. The Kier molecular flexibility index (Phi) is 14.8. The number of hydrogen-bond donors (Lipinski definition) is 0. The summed E-state index contributed by atoms with van der Waals surface area (Å²) in [5.41, 5.74) is 2.37. The fourth-order valence-electron chi connectivity index (χ4n) is 3.84. The van der Waals surface area contributed by atoms with Gasteiger partial charge in [-0.25, -0.2) is 0 Å². The molecule has 4 nitrogen and oxygen atoms in total. The molecule has 5 heteroatoms. The van der Waals surface area contributed by atoms with Gasteiger partial charge in [0.05, 0.1) is 0 Å². The van der Waals surface area contributed by atoms with Crippen LogP contribution in [0.15, 0.2) is 48.5 Å². The predicted octanol–water partition coefficient (Wildman–Crippen LogP) is 8.95. The highest BCUT2D eigenvalue weighted by atomic mass is 28.4. The average molecular weight is 501 g/mol. The monoisotopic (exact) mass is 500 g/mol. The van der Waals surface area contributed by atoms with Crippen LogP contribution in [0.4, 0.5) is 0 Å². The maximum atomic E-state index is 6.45. The summed E-state index contributed by atoms with van der Waals surface area (Å²) in [6.07, 6.45) is 14.4. The lowest BCUT2D eigenvalue weighted by Gasteiger charge is -2.28. The summed E-state index contributed by atoms with van der Waals surface area (Å²) in [6, 6.07) is 16.1. The molecule has 0 aliphatic heterocycles. The summed E-state index contributed by atoms with van der Waals surface area (Å²) in [5.74, 6) is 1.44. The van der Waals surface area contributed by atoms with Crippen LogP contribution in [0, 0.1) is 13.8 Å². The summed E-state index contributed by atoms with van der Waals surface area (Å²) in [4.78, 5) is 0. The third-order valence-electron chi connectivity index (χ3n) is 6.08. The van der Waals surface area contributed by atoms with Crippen molar-refractivity contribution in [1.29, 1.82) is 0 Å². The summed E-state index contributed by atoms with van der Waals surface area (Å²) in [5, 5.41) is 0. The first-order valence-electron chi connectivity index (χ1n) is 13.9. The van der Waals surface area contributed by atoms with Crippen LogP contribution in [0.1, 0.15) is 102 Å². The lowest BCUT2D eigenvalue weighted by molar-refractivity contribution is 0.0385. The van der Waals surface area contributed by atoms with Gasteiger partial charge in [0, 0.05) is 13.2 Å². The molecular weight excluding hydrogens is 452 g/mol. The molecule has 0 spiro atoms. The maximum absolute atomic E-state index is 6.45. The minimum absolute atomic E-state index is 0.576. The molecule has 2 aromatic rings. The van der Waals surface area contributed by atoms with Crippen LogP contribution in [-0.4, -0.2) is 22.3 Å². The van der Waals surface area contributed by atoms with Crippen LogP contribution in [0.25, 0.3) is 0 Å². The van der Waals surface area contributed by atoms with E-state index in [0.717, 1.165) is 37.2 Å². The van der Waals surface area contributed by atoms with Crippen molar-refractivity contribution in [2.75, 3.05) is 13.2 Å². The van der Waals surface area contributed by atoms with Crippen molar-refractivity contribution in [2.45, 2.75) is 105 Å². The van der Waals surface area contributed by atoms with Crippen LogP contribution in [0.3, 0.4) is 0 Å². The lowest BCUT2D eigenvalue weighted by atomic mass is 10.1. The van der Waals surface area contributed by atoms with Crippen molar-refractivity contribution in [2.24, 2.45) is 0 Å². The maximum Gasteiger partial charge on any atom is 0.820 e. The van der Waals surface area contributed by atoms with Gasteiger partial charge in [-0.2, -0.15) is 0 Å². The van der Waals surface area contributed by atoms with E-state index in [1.807, 2.05) is 48.5 Å². The molecule has 0 aliphatic rings. The molecule has 0 N–H and O–H groups in total. The molecule has 0 aromatic heterocycles. The van der Waals surface area contributed by atoms with Crippen LogP contribution in [0.2, 0.25) is 0 Å². The van der Waals surface area contributed by atoms with Crippen LogP contribution < -0.4 is 8.85 Å². The van der Waals surface area contributed by atoms with Crippen molar-refractivity contribution in [3.05, 3.63) is 59.7 Å². The molecule has 0 radical (unpaired) electrons. The van der Waals surface area contributed by atoms with Gasteiger partial charge >= 0.3 is 9.05 Å². The van der Waals surface area contributed by atoms with Crippen molar-refractivity contribution >= 4 is 9.05 Å². The topological polar surface area (TPSA) is 36.9 Å². The SMILES string of the molecule is CCCCCCCCO[Si](OCCCCCCCC)(Oc1ccc(C)cc1)Oc1ccc(C)cc1. The second-order valence-electron chi connectivity index (χ2n) is 9.56. The Balaban J connectivity index is 2.10. The first kappa shape index (κ1) is 29.4. The van der Waals surface area contributed by atoms with Gasteiger partial charge in [0.25, 0.3) is 0 Å². The Labute approximate surface area is 215 Å². The molecule has 0 saturated carbocycles. The Hall–Kier alpha value is -1.82. The van der Waals surface area contributed by atoms with Crippen LogP contribution in [-0.2, 0) is 8.85 Å². The van der Waals surface area contributed by atoms with Crippen molar-refractivity contribution < 1.29 is 17.7 Å². The Bertz CT molecular complexity index is 708. The summed E-state index contributed by atoms with van der Waals surface area (Å²) >= 11 is 0. The quantitative estimate of drug-likeness (QED) is 0.134. The van der Waals surface area contributed by atoms with Gasteiger partial charge in [-0.1, -0.05) is 113 Å². The smallest absolute Gasteiger partial charge is 0.471 e. The number of benzene rings is 2. The molecule has 2 rings (SSSR count). The number of unbranched alkanes of at least 4 members (excludes halogenated alkanes) is 10. The molecule has 196 valence electrons. The average Bonchev–Trinajstić information content (AvgIpc) is 2.86. The molecule has 0 fully saturated rings. The zero-order valence-electron chi connectivity index (χ0n) is 22.7. The molecule has 0 bridgehead atoms. The normalized spacial score (nSPS) is 11.5. The van der Waals surface area contributed by atoms with Crippen molar-refractivity contribution in [1.82, 2.24) is 0 Å². The molecule has 35 heavy (non-hydrogen) atoms. The van der Waals surface area contributed by atoms with E-state index in [0.29, 0.717) is 13.2 Å². The van der Waals surface area contributed by atoms with Gasteiger partial charge < -0.3 is 17.7 Å². The zero-order chi connectivity index (χ0) is 25.2. The summed E-state index contributed by atoms with van der Waals surface area (Å²) < 4.78 is 25.8. The van der Waals surface area contributed by atoms with E-state index < -0.39 is 9.05 Å². The third kappa shape index (κ3) is 12.6. The largest absolute Gasteiger partial charge is 0.820 e. The highest BCUT2D eigenvalue weighted by Crippen LogP contribution is 2.24. The first-order valence-corrected chi connectivity index (χ1v) is 15.5. The highest BCUT2D eigenvalue weighted by Gasteiger charge is 2.51. The standard InChI is InChI=1S/C30H48O4Si/c1-5-7-9-11-13-15-25-31-35(32-26-16-14-12-10-8-6-2,33-29-21-17-27(3)18-22-29)34-30-23-19-28(4)20-24-30/h17-24H,5-16,25-26H2,1-4H3. The van der Waals surface area contributed by atoms with Crippen LogP contribution >= 0.6 is 0 Å². The van der Waals surface area contributed by atoms with E-state index in [9.17, 15) is 0 Å². The Morgan fingerprint density at radius 3 is 1.20 bits per heavy atom. The van der Waals surface area contributed by atoms with Crippen molar-refractivity contribution in [3.63, 3.8) is 0 Å². The molecule has 0 atom stereocenters. The van der Waals surface area contributed by atoms with Gasteiger partial charge in [0.15, 0.2) is 0 Å². The van der Waals surface area contributed by atoms with Crippen LogP contribution in [0.5, 0.6) is 11.5 Å². The van der Waals surface area contributed by atoms with E-state index in [-0.39, 0.29) is 0 Å². The molecule has 0 heterocycles. The minimum Gasteiger partial charge on any atom is -0.471 e. The first-order chi connectivity index (χ1) is 17.1. The van der Waals surface area contributed by atoms with Gasteiger partial charge in [0.1, 0.15) is 11.5 Å². The summed E-state index contributed by atoms with van der Waals surface area (Å²) in [7, 11) is -3.46. The Morgan fingerprint density at radius 1 is 0.486 bits per heavy atom. The zero-order valence-corrected chi connectivity index (χ0v) is 23.7. The van der Waals surface area contributed by atoms with E-state index >= 15 is 0 Å². The molecule has 0 saturated heterocycles. The second kappa shape index (κ2) is 17.6. The van der Waals surface area contributed by atoms with E-state index in [1.54, 1.807) is 0 Å². The van der Waals surface area contributed by atoms with E-state index in [2.05, 4.69) is 27.7 Å². The van der Waals surface area contributed by atoms with Crippen molar-refractivity contribution in [3.8, 4) is 11.5 Å². The van der Waals surface area contributed by atoms with E-state index in [4.69, 9.17) is 17.7 Å². The minimum atomic E-state index is -3.46. The Morgan fingerprint density at radius 2 is 0.829 bits per heavy atom. The fourth-order valence-corrected chi connectivity index (χ4v) is 5.84. The predicted molar refractivity (Wildman–Crippen MR) is 148 cm³/mol. The number of aryl methyl sites for hydroxylation is 2. The van der Waals surface area contributed by atoms with Gasteiger partial charge in [-0.05, 0) is 51.0 Å². The van der Waals surface area contributed by atoms with Gasteiger partial charge in [0.2, 0.25) is 0 Å². The molecule has 2 aromatic carbocycles. The highest BCUT2D eigenvalue weighted by molar-refractivity contribution is 6.55. The molecular formula is C30H48O4Si. The number of rotatable bonds is 20.